The Kier molecular flexibility index (Phi) is 9.69. The van der Waals surface area contributed by atoms with E-state index in [-0.39, 0.29) is 30.4 Å². The number of amides is 2. The van der Waals surface area contributed by atoms with Gasteiger partial charge in [-0.2, -0.15) is 4.31 Å². The van der Waals surface area contributed by atoms with Gasteiger partial charge in [0.05, 0.1) is 23.0 Å². The summed E-state index contributed by atoms with van der Waals surface area (Å²) in [5, 5.41) is 16.2. The number of sulfonamides is 1. The van der Waals surface area contributed by atoms with Crippen LogP contribution in [-0.4, -0.2) is 67.2 Å². The predicted molar refractivity (Wildman–Crippen MR) is 125 cm³/mol. The Morgan fingerprint density at radius 1 is 1.24 bits per heavy atom. The number of aliphatic hydroxyl groups is 1. The summed E-state index contributed by atoms with van der Waals surface area (Å²) in [6.45, 7) is 7.51. The van der Waals surface area contributed by atoms with E-state index in [9.17, 15) is 23.1 Å². The molecule has 0 aromatic heterocycles. The zero-order valence-electron chi connectivity index (χ0n) is 19.9. The number of hydrogen-bond donors (Lipinski definition) is 3. The number of hydrogen-bond acceptors (Lipinski definition) is 6. The van der Waals surface area contributed by atoms with E-state index in [0.717, 1.165) is 6.42 Å². The van der Waals surface area contributed by atoms with Crippen molar-refractivity contribution in [3.05, 3.63) is 30.3 Å². The minimum Gasteiger partial charge on any atom is -0.444 e. The van der Waals surface area contributed by atoms with E-state index < -0.39 is 39.8 Å². The lowest BCUT2D eigenvalue weighted by atomic mass is 10.0. The molecule has 2 amide bonds. The van der Waals surface area contributed by atoms with Crippen molar-refractivity contribution < 1.29 is 27.9 Å². The van der Waals surface area contributed by atoms with Gasteiger partial charge in [0, 0.05) is 19.6 Å². The van der Waals surface area contributed by atoms with Crippen molar-refractivity contribution in [3.8, 4) is 0 Å². The van der Waals surface area contributed by atoms with Crippen molar-refractivity contribution in [2.75, 3.05) is 19.6 Å². The number of carbonyl (C=O) groups is 2. The normalized spacial score (nSPS) is 21.0. The molecule has 1 aromatic carbocycles. The Morgan fingerprint density at radius 3 is 2.52 bits per heavy atom. The molecule has 1 aliphatic heterocycles. The van der Waals surface area contributed by atoms with Crippen molar-refractivity contribution in [1.29, 1.82) is 0 Å². The standard InChI is InChI=1S/C23H37N3O6S/c1-5-10-17(15-24-22(29)32-23(2,3)4)21(28)25-19-13-9-14-26(16-20(19)27)33(30,31)18-11-7-6-8-12-18/h6-8,11-12,17,19-20,27H,5,9-10,13-16H2,1-4H3,(H,24,29)(H,25,28)/t17-,19?,20?/m0/s1. The second-order valence-electron chi connectivity index (χ2n) is 9.37. The molecule has 1 aromatic rings. The summed E-state index contributed by atoms with van der Waals surface area (Å²) in [6.07, 6.45) is 0.613. The van der Waals surface area contributed by atoms with Crippen LogP contribution >= 0.6 is 0 Å². The zero-order chi connectivity index (χ0) is 24.6. The molecular weight excluding hydrogens is 446 g/mol. The molecule has 3 atom stereocenters. The summed E-state index contributed by atoms with van der Waals surface area (Å²) in [5.74, 6) is -0.765. The molecule has 0 bridgehead atoms. The molecule has 0 saturated carbocycles. The van der Waals surface area contributed by atoms with Crippen LogP contribution in [0.5, 0.6) is 0 Å². The highest BCUT2D eigenvalue weighted by Gasteiger charge is 2.34. The molecule has 2 rings (SSSR count). The Balaban J connectivity index is 1.99. The van der Waals surface area contributed by atoms with E-state index in [0.29, 0.717) is 19.3 Å². The molecule has 2 unspecified atom stereocenters. The SMILES string of the molecule is CCC[C@@H](CNC(=O)OC(C)(C)C)C(=O)NC1CCCN(S(=O)(=O)c2ccccc2)CC1O. The molecule has 0 aliphatic carbocycles. The third-order valence-electron chi connectivity index (χ3n) is 5.39. The van der Waals surface area contributed by atoms with Crippen LogP contribution in [0.3, 0.4) is 0 Å². The highest BCUT2D eigenvalue weighted by molar-refractivity contribution is 7.89. The monoisotopic (exact) mass is 483 g/mol. The smallest absolute Gasteiger partial charge is 0.407 e. The number of carbonyl (C=O) groups excluding carboxylic acids is 2. The minimum absolute atomic E-state index is 0.100. The summed E-state index contributed by atoms with van der Waals surface area (Å²) in [4.78, 5) is 25.0. The number of benzene rings is 1. The molecule has 1 aliphatic rings. The lowest BCUT2D eigenvalue weighted by Crippen LogP contribution is -2.50. The summed E-state index contributed by atoms with van der Waals surface area (Å²) in [5.41, 5.74) is -0.636. The van der Waals surface area contributed by atoms with Crippen molar-refractivity contribution in [2.24, 2.45) is 5.92 Å². The van der Waals surface area contributed by atoms with Gasteiger partial charge in [-0.1, -0.05) is 31.5 Å². The van der Waals surface area contributed by atoms with Crippen molar-refractivity contribution in [3.63, 3.8) is 0 Å². The lowest BCUT2D eigenvalue weighted by Gasteiger charge is -2.27. The Bertz CT molecular complexity index is 885. The first-order valence-corrected chi connectivity index (χ1v) is 12.9. The van der Waals surface area contributed by atoms with Gasteiger partial charge in [0.25, 0.3) is 0 Å². The molecule has 1 heterocycles. The van der Waals surface area contributed by atoms with E-state index in [4.69, 9.17) is 4.74 Å². The fourth-order valence-corrected chi connectivity index (χ4v) is 5.25. The molecule has 0 radical (unpaired) electrons. The number of nitrogens with one attached hydrogen (secondary N) is 2. The van der Waals surface area contributed by atoms with Gasteiger partial charge < -0.3 is 20.5 Å². The highest BCUT2D eigenvalue weighted by Crippen LogP contribution is 2.21. The van der Waals surface area contributed by atoms with E-state index >= 15 is 0 Å². The Labute approximate surface area is 196 Å². The molecule has 1 fully saturated rings. The van der Waals surface area contributed by atoms with Gasteiger partial charge in [-0.15, -0.1) is 0 Å². The average Bonchev–Trinajstić information content (AvgIpc) is 2.92. The maximum Gasteiger partial charge on any atom is 0.407 e. The predicted octanol–water partition coefficient (Wildman–Crippen LogP) is 2.26. The van der Waals surface area contributed by atoms with Gasteiger partial charge >= 0.3 is 6.09 Å². The molecule has 9 nitrogen and oxygen atoms in total. The topological polar surface area (TPSA) is 125 Å². The first-order chi connectivity index (χ1) is 15.4. The maximum absolute atomic E-state index is 12.9. The summed E-state index contributed by atoms with van der Waals surface area (Å²) in [6, 6.07) is 7.53. The average molecular weight is 484 g/mol. The number of β-amino-alcohol motifs (C(OH)–C–C–N with tert-alkyl or cyclic N) is 1. The van der Waals surface area contributed by atoms with Crippen LogP contribution in [0.15, 0.2) is 35.2 Å². The molecule has 10 heteroatoms. The first-order valence-electron chi connectivity index (χ1n) is 11.4. The van der Waals surface area contributed by atoms with Gasteiger partial charge in [-0.05, 0) is 52.2 Å². The second kappa shape index (κ2) is 11.8. The first kappa shape index (κ1) is 27.1. The van der Waals surface area contributed by atoms with Crippen LogP contribution in [-0.2, 0) is 19.6 Å². The van der Waals surface area contributed by atoms with Crippen LogP contribution in [0, 0.1) is 5.92 Å². The van der Waals surface area contributed by atoms with Crippen LogP contribution in [0.2, 0.25) is 0 Å². The van der Waals surface area contributed by atoms with Gasteiger partial charge in [0.15, 0.2) is 0 Å². The molecule has 3 N–H and O–H groups in total. The second-order valence-corrected chi connectivity index (χ2v) is 11.3. The van der Waals surface area contributed by atoms with E-state index in [1.165, 1.54) is 16.4 Å². The van der Waals surface area contributed by atoms with Crippen molar-refractivity contribution in [2.45, 2.75) is 76.0 Å². The van der Waals surface area contributed by atoms with Crippen molar-refractivity contribution in [1.82, 2.24) is 14.9 Å². The molecule has 33 heavy (non-hydrogen) atoms. The summed E-state index contributed by atoms with van der Waals surface area (Å²) >= 11 is 0. The van der Waals surface area contributed by atoms with Crippen LogP contribution in [0.1, 0.15) is 53.4 Å². The van der Waals surface area contributed by atoms with Crippen LogP contribution < -0.4 is 10.6 Å². The third-order valence-corrected chi connectivity index (χ3v) is 7.27. The Hall–Kier alpha value is -2.17. The van der Waals surface area contributed by atoms with Gasteiger partial charge in [-0.25, -0.2) is 13.2 Å². The molecule has 0 spiro atoms. The van der Waals surface area contributed by atoms with E-state index in [2.05, 4.69) is 10.6 Å². The third kappa shape index (κ3) is 8.28. The van der Waals surface area contributed by atoms with Crippen molar-refractivity contribution >= 4 is 22.0 Å². The molecular formula is C23H37N3O6S. The largest absolute Gasteiger partial charge is 0.444 e. The maximum atomic E-state index is 12.9. The number of aliphatic hydroxyl groups excluding tert-OH is 1. The lowest BCUT2D eigenvalue weighted by molar-refractivity contribution is -0.126. The number of nitrogens with zero attached hydrogens (tertiary/aromatic N) is 1. The van der Waals surface area contributed by atoms with Gasteiger partial charge in [0.2, 0.25) is 15.9 Å². The number of alkyl carbamates (subject to hydrolysis) is 1. The zero-order valence-corrected chi connectivity index (χ0v) is 20.7. The highest BCUT2D eigenvalue weighted by atomic mass is 32.2. The summed E-state index contributed by atoms with van der Waals surface area (Å²) < 4.78 is 32.4. The number of rotatable bonds is 8. The number of ether oxygens (including phenoxy) is 1. The van der Waals surface area contributed by atoms with Gasteiger partial charge in [0.1, 0.15) is 5.60 Å². The molecule has 186 valence electrons. The van der Waals surface area contributed by atoms with Gasteiger partial charge in [-0.3, -0.25) is 4.79 Å². The van der Waals surface area contributed by atoms with Crippen LogP contribution in [0.25, 0.3) is 0 Å². The minimum atomic E-state index is -3.73. The van der Waals surface area contributed by atoms with Crippen LogP contribution in [0.4, 0.5) is 4.79 Å². The van der Waals surface area contributed by atoms with E-state index in [1.807, 2.05) is 6.92 Å². The summed E-state index contributed by atoms with van der Waals surface area (Å²) in [7, 11) is -3.73. The molecule has 1 saturated heterocycles. The Morgan fingerprint density at radius 2 is 1.91 bits per heavy atom. The quantitative estimate of drug-likeness (QED) is 0.521. The fourth-order valence-electron chi connectivity index (χ4n) is 3.73. The fraction of sp³-hybridized carbons (Fsp3) is 0.652. The van der Waals surface area contributed by atoms with E-state index in [1.54, 1.807) is 39.0 Å².